The van der Waals surface area contributed by atoms with Gasteiger partial charge in [-0.05, 0) is 6.42 Å². The topological polar surface area (TPSA) is 58.6 Å². The number of carbonyl (C=O) groups is 1. The van der Waals surface area contributed by atoms with Gasteiger partial charge >= 0.3 is 5.97 Å². The molecule has 0 aromatic carbocycles. The van der Waals surface area contributed by atoms with E-state index in [-0.39, 0.29) is 13.0 Å². The number of hydrogen-bond donors (Lipinski definition) is 2. The highest BCUT2D eigenvalue weighted by Crippen LogP contribution is 1.96. The molecule has 4 heteroatoms. The second-order valence-electron chi connectivity index (χ2n) is 2.90. The van der Waals surface area contributed by atoms with Crippen molar-refractivity contribution in [1.29, 1.82) is 0 Å². The first-order chi connectivity index (χ1) is 6.31. The summed E-state index contributed by atoms with van der Waals surface area (Å²) in [5, 5.41) is 8.38. The van der Waals surface area contributed by atoms with Crippen LogP contribution in [0, 0.1) is 0 Å². The van der Waals surface area contributed by atoms with E-state index >= 15 is 0 Å². The highest BCUT2D eigenvalue weighted by atomic mass is 16.7. The molecule has 4 nitrogen and oxygen atoms in total. The third-order valence-electron chi connectivity index (χ3n) is 1.63. The van der Waals surface area contributed by atoms with Crippen LogP contribution in [-0.4, -0.2) is 24.2 Å². The van der Waals surface area contributed by atoms with Gasteiger partial charge in [0.25, 0.3) is 0 Å². The van der Waals surface area contributed by atoms with Crippen molar-refractivity contribution in [2.75, 3.05) is 13.2 Å². The first kappa shape index (κ1) is 12.4. The summed E-state index contributed by atoms with van der Waals surface area (Å²) in [5.74, 6) is -0.405. The van der Waals surface area contributed by atoms with Crippen LogP contribution in [0.4, 0.5) is 0 Å². The smallest absolute Gasteiger partial charge is 0.327 e. The SMILES string of the molecule is CCCCCCNOC(=O)CCO. The Kier molecular flexibility index (Phi) is 9.03. The summed E-state index contributed by atoms with van der Waals surface area (Å²) < 4.78 is 0. The number of hydrogen-bond acceptors (Lipinski definition) is 4. The van der Waals surface area contributed by atoms with Gasteiger partial charge in [-0.25, -0.2) is 0 Å². The molecule has 0 heterocycles. The molecule has 0 aromatic rings. The van der Waals surface area contributed by atoms with Gasteiger partial charge in [-0.3, -0.25) is 4.79 Å². The second-order valence-corrected chi connectivity index (χ2v) is 2.90. The van der Waals surface area contributed by atoms with Crippen molar-refractivity contribution < 1.29 is 14.7 Å². The van der Waals surface area contributed by atoms with E-state index in [0.717, 1.165) is 12.8 Å². The van der Waals surface area contributed by atoms with Crippen LogP contribution in [-0.2, 0) is 9.63 Å². The van der Waals surface area contributed by atoms with Crippen LogP contribution in [0.3, 0.4) is 0 Å². The largest absolute Gasteiger partial charge is 0.396 e. The van der Waals surface area contributed by atoms with E-state index in [1.807, 2.05) is 0 Å². The van der Waals surface area contributed by atoms with Gasteiger partial charge in [0.2, 0.25) is 0 Å². The number of hydroxylamine groups is 1. The molecule has 0 fully saturated rings. The molecule has 13 heavy (non-hydrogen) atoms. The zero-order chi connectivity index (χ0) is 9.94. The molecule has 0 radical (unpaired) electrons. The molecule has 0 aliphatic carbocycles. The maximum absolute atomic E-state index is 10.7. The summed E-state index contributed by atoms with van der Waals surface area (Å²) in [4.78, 5) is 15.3. The molecular weight excluding hydrogens is 170 g/mol. The van der Waals surface area contributed by atoms with Crippen molar-refractivity contribution in [3.63, 3.8) is 0 Å². The van der Waals surface area contributed by atoms with Gasteiger partial charge in [0.15, 0.2) is 0 Å². The fourth-order valence-electron chi connectivity index (χ4n) is 0.898. The highest BCUT2D eigenvalue weighted by Gasteiger charge is 1.99. The predicted molar refractivity (Wildman–Crippen MR) is 49.9 cm³/mol. The molecule has 78 valence electrons. The van der Waals surface area contributed by atoms with Crippen LogP contribution < -0.4 is 5.48 Å². The van der Waals surface area contributed by atoms with Gasteiger partial charge < -0.3 is 9.94 Å². The zero-order valence-electron chi connectivity index (χ0n) is 8.21. The summed E-state index contributed by atoms with van der Waals surface area (Å²) in [7, 11) is 0. The van der Waals surface area contributed by atoms with E-state index in [1.165, 1.54) is 12.8 Å². The van der Waals surface area contributed by atoms with Gasteiger partial charge in [0, 0.05) is 6.54 Å². The minimum Gasteiger partial charge on any atom is -0.396 e. The number of carbonyl (C=O) groups excluding carboxylic acids is 1. The lowest BCUT2D eigenvalue weighted by atomic mass is 10.2. The molecular formula is C9H19NO3. The van der Waals surface area contributed by atoms with E-state index < -0.39 is 5.97 Å². The summed E-state index contributed by atoms with van der Waals surface area (Å²) in [6.45, 7) is 2.68. The standard InChI is InChI=1S/C9H19NO3/c1-2-3-4-5-7-10-13-9(12)6-8-11/h10-11H,2-8H2,1H3. The lowest BCUT2D eigenvalue weighted by molar-refractivity contribution is -0.151. The number of aliphatic hydroxyl groups is 1. The molecule has 0 aromatic heterocycles. The Morgan fingerprint density at radius 1 is 1.38 bits per heavy atom. The van der Waals surface area contributed by atoms with Crippen molar-refractivity contribution >= 4 is 5.97 Å². The molecule has 0 amide bonds. The first-order valence-electron chi connectivity index (χ1n) is 4.84. The highest BCUT2D eigenvalue weighted by molar-refractivity contribution is 5.69. The Bertz CT molecular complexity index is 128. The molecule has 0 spiro atoms. The van der Waals surface area contributed by atoms with Crippen LogP contribution in [0.15, 0.2) is 0 Å². The quantitative estimate of drug-likeness (QED) is 0.441. The molecule has 0 aliphatic rings. The Hall–Kier alpha value is -0.610. The van der Waals surface area contributed by atoms with Crippen molar-refractivity contribution in [3.8, 4) is 0 Å². The van der Waals surface area contributed by atoms with Crippen molar-refractivity contribution in [1.82, 2.24) is 5.48 Å². The average molecular weight is 189 g/mol. The van der Waals surface area contributed by atoms with Gasteiger partial charge in [0.1, 0.15) is 0 Å². The second kappa shape index (κ2) is 9.48. The van der Waals surface area contributed by atoms with E-state index in [4.69, 9.17) is 5.11 Å². The Balaban J connectivity index is 3.02. The summed E-state index contributed by atoms with van der Waals surface area (Å²) >= 11 is 0. The molecule has 2 N–H and O–H groups in total. The van der Waals surface area contributed by atoms with E-state index in [1.54, 1.807) is 0 Å². The van der Waals surface area contributed by atoms with Crippen LogP contribution >= 0.6 is 0 Å². The van der Waals surface area contributed by atoms with Crippen molar-refractivity contribution in [2.24, 2.45) is 0 Å². The molecule has 0 saturated carbocycles. The minimum atomic E-state index is -0.405. The first-order valence-corrected chi connectivity index (χ1v) is 4.84. The summed E-state index contributed by atoms with van der Waals surface area (Å²) in [5.41, 5.74) is 2.57. The van der Waals surface area contributed by atoms with Crippen LogP contribution in [0.1, 0.15) is 39.0 Å². The fourth-order valence-corrected chi connectivity index (χ4v) is 0.898. The Labute approximate surface area is 79.2 Å². The normalized spacial score (nSPS) is 10.0. The summed E-state index contributed by atoms with van der Waals surface area (Å²) in [6, 6.07) is 0. The fraction of sp³-hybridized carbons (Fsp3) is 0.889. The lowest BCUT2D eigenvalue weighted by Gasteiger charge is -2.03. The summed E-state index contributed by atoms with van der Waals surface area (Å²) in [6.07, 6.45) is 4.64. The van der Waals surface area contributed by atoms with E-state index in [9.17, 15) is 4.79 Å². The van der Waals surface area contributed by atoms with E-state index in [2.05, 4.69) is 17.2 Å². The third-order valence-corrected chi connectivity index (χ3v) is 1.63. The molecule has 0 unspecified atom stereocenters. The van der Waals surface area contributed by atoms with Gasteiger partial charge in [-0.2, -0.15) is 5.48 Å². The predicted octanol–water partition coefficient (Wildman–Crippen LogP) is 0.997. The molecule has 0 rings (SSSR count). The monoisotopic (exact) mass is 189 g/mol. The molecule has 0 aliphatic heterocycles. The number of unbranched alkanes of at least 4 members (excludes halogenated alkanes) is 3. The van der Waals surface area contributed by atoms with Crippen LogP contribution in [0.25, 0.3) is 0 Å². The third kappa shape index (κ3) is 9.30. The van der Waals surface area contributed by atoms with Crippen LogP contribution in [0.2, 0.25) is 0 Å². The Morgan fingerprint density at radius 3 is 2.77 bits per heavy atom. The lowest BCUT2D eigenvalue weighted by Crippen LogP contribution is -2.21. The maximum atomic E-state index is 10.7. The average Bonchev–Trinajstić information content (AvgIpc) is 2.11. The molecule has 0 saturated heterocycles. The van der Waals surface area contributed by atoms with Crippen molar-refractivity contribution in [2.45, 2.75) is 39.0 Å². The number of nitrogens with one attached hydrogen (secondary N) is 1. The molecule has 0 atom stereocenters. The Morgan fingerprint density at radius 2 is 2.15 bits per heavy atom. The van der Waals surface area contributed by atoms with Crippen molar-refractivity contribution in [3.05, 3.63) is 0 Å². The minimum absolute atomic E-state index is 0.0575. The molecule has 0 bridgehead atoms. The maximum Gasteiger partial charge on any atom is 0.327 e. The van der Waals surface area contributed by atoms with Gasteiger partial charge in [-0.15, -0.1) is 0 Å². The zero-order valence-corrected chi connectivity index (χ0v) is 8.21. The number of rotatable bonds is 8. The van der Waals surface area contributed by atoms with Gasteiger partial charge in [-0.1, -0.05) is 26.2 Å². The van der Waals surface area contributed by atoms with Gasteiger partial charge in [0.05, 0.1) is 13.0 Å². The van der Waals surface area contributed by atoms with E-state index in [0.29, 0.717) is 6.54 Å². The van der Waals surface area contributed by atoms with Crippen LogP contribution in [0.5, 0.6) is 0 Å². The number of aliphatic hydroxyl groups excluding tert-OH is 1.